The van der Waals surface area contributed by atoms with Crippen LogP contribution in [0, 0.1) is 0 Å². The molecule has 6 rings (SSSR count). The van der Waals surface area contributed by atoms with E-state index in [-0.39, 0.29) is 24.5 Å². The fraction of sp³-hybridized carbons (Fsp3) is 0.290. The molecule has 8 nitrogen and oxygen atoms in total. The Kier molecular flexibility index (Phi) is 7.42. The number of nitrogens with one attached hydrogen (secondary N) is 1. The zero-order chi connectivity index (χ0) is 32.3. The summed E-state index contributed by atoms with van der Waals surface area (Å²) >= 11 is 0. The Bertz CT molecular complexity index is 1740. The van der Waals surface area contributed by atoms with E-state index in [9.17, 15) is 35.9 Å². The summed E-state index contributed by atoms with van der Waals surface area (Å²) in [6.07, 6.45) is -5.97. The molecule has 0 spiro atoms. The molecule has 4 aromatic rings. The number of halogens is 6. The highest BCUT2D eigenvalue weighted by atomic mass is 19.4. The molecular weight excluding hydrogens is 602 g/mol. The van der Waals surface area contributed by atoms with Gasteiger partial charge in [0.2, 0.25) is 5.91 Å². The summed E-state index contributed by atoms with van der Waals surface area (Å²) in [5, 5.41) is 7.07. The third-order valence-corrected chi connectivity index (χ3v) is 8.07. The van der Waals surface area contributed by atoms with Crippen LogP contribution in [-0.2, 0) is 17.1 Å². The Balaban J connectivity index is 1.28. The number of amides is 2. The van der Waals surface area contributed by atoms with Crippen molar-refractivity contribution in [3.63, 3.8) is 0 Å². The first-order chi connectivity index (χ1) is 21.2. The lowest BCUT2D eigenvalue weighted by Crippen LogP contribution is -2.59. The molecule has 1 saturated heterocycles. The molecule has 2 aliphatic heterocycles. The second-order valence-electron chi connectivity index (χ2n) is 11.2. The lowest BCUT2D eigenvalue weighted by Gasteiger charge is -2.45. The molecule has 1 fully saturated rings. The number of hydrogen-bond donors (Lipinski definition) is 1. The number of fused-ring (bicyclic) bond motifs is 1. The third kappa shape index (κ3) is 5.65. The maximum atomic E-state index is 13.9. The molecular formula is C31H26F6N6O2. The number of carbonyl (C=O) groups excluding carboxylic acids is 2. The highest BCUT2D eigenvalue weighted by molar-refractivity contribution is 6.02. The van der Waals surface area contributed by atoms with Crippen molar-refractivity contribution in [2.24, 2.45) is 0 Å². The number of piperazine rings is 1. The lowest BCUT2D eigenvalue weighted by atomic mass is 10.00. The molecule has 1 N–H and O–H groups in total. The van der Waals surface area contributed by atoms with E-state index in [0.717, 1.165) is 24.3 Å². The van der Waals surface area contributed by atoms with Gasteiger partial charge in [0, 0.05) is 54.4 Å². The Morgan fingerprint density at radius 1 is 0.844 bits per heavy atom. The second-order valence-corrected chi connectivity index (χ2v) is 11.2. The Hall–Kier alpha value is -4.72. The number of benzene rings is 2. The Labute approximate surface area is 253 Å². The van der Waals surface area contributed by atoms with Crippen LogP contribution in [0.2, 0.25) is 0 Å². The summed E-state index contributed by atoms with van der Waals surface area (Å²) in [5.41, 5.74) is 0.359. The first-order valence-corrected chi connectivity index (χ1v) is 14.0. The summed E-state index contributed by atoms with van der Waals surface area (Å²) in [6.45, 7) is 4.12. The van der Waals surface area contributed by atoms with Gasteiger partial charge in [-0.3, -0.25) is 19.5 Å². The molecule has 45 heavy (non-hydrogen) atoms. The largest absolute Gasteiger partial charge is 0.416 e. The van der Waals surface area contributed by atoms with Gasteiger partial charge in [-0.25, -0.2) is 4.68 Å². The van der Waals surface area contributed by atoms with Crippen molar-refractivity contribution in [2.45, 2.75) is 44.3 Å². The van der Waals surface area contributed by atoms with Crippen LogP contribution >= 0.6 is 0 Å². The number of carbonyl (C=O) groups is 2. The minimum Gasteiger partial charge on any atom is -0.329 e. The van der Waals surface area contributed by atoms with Crippen LogP contribution in [0.1, 0.15) is 47.1 Å². The predicted octanol–water partition coefficient (Wildman–Crippen LogP) is 6.20. The molecule has 4 heterocycles. The van der Waals surface area contributed by atoms with Crippen molar-refractivity contribution in [1.29, 1.82) is 0 Å². The van der Waals surface area contributed by atoms with E-state index in [4.69, 9.17) is 0 Å². The summed E-state index contributed by atoms with van der Waals surface area (Å²) in [5.74, 6) is -0.859. The van der Waals surface area contributed by atoms with E-state index >= 15 is 0 Å². The molecule has 14 heteroatoms. The summed E-state index contributed by atoms with van der Waals surface area (Å²) in [6, 6.07) is 10.9. The number of aromatic nitrogens is 3. The predicted molar refractivity (Wildman–Crippen MR) is 151 cm³/mol. The van der Waals surface area contributed by atoms with Crippen LogP contribution in [0.15, 0.2) is 73.1 Å². The van der Waals surface area contributed by atoms with Crippen molar-refractivity contribution in [1.82, 2.24) is 24.6 Å². The molecule has 2 aromatic carbocycles. The second kappa shape index (κ2) is 11.0. The maximum Gasteiger partial charge on any atom is 0.416 e. The monoisotopic (exact) mass is 628 g/mol. The number of pyridine rings is 1. The highest BCUT2D eigenvalue weighted by Crippen LogP contribution is 2.41. The van der Waals surface area contributed by atoms with E-state index in [1.165, 1.54) is 22.9 Å². The van der Waals surface area contributed by atoms with Crippen LogP contribution in [0.25, 0.3) is 16.9 Å². The van der Waals surface area contributed by atoms with Gasteiger partial charge in [0.15, 0.2) is 5.69 Å². The van der Waals surface area contributed by atoms with E-state index in [1.54, 1.807) is 49.3 Å². The van der Waals surface area contributed by atoms with Gasteiger partial charge in [0.25, 0.3) is 5.91 Å². The number of hydrogen-bond acceptors (Lipinski definition) is 5. The van der Waals surface area contributed by atoms with Gasteiger partial charge < -0.3 is 10.2 Å². The van der Waals surface area contributed by atoms with Gasteiger partial charge in [-0.05, 0) is 68.4 Å². The number of rotatable bonds is 4. The first-order valence-electron chi connectivity index (χ1n) is 14.0. The minimum atomic E-state index is -4.55. The maximum absolute atomic E-state index is 13.9. The molecule has 0 saturated carbocycles. The minimum absolute atomic E-state index is 0.0671. The molecule has 0 aliphatic carbocycles. The van der Waals surface area contributed by atoms with Gasteiger partial charge in [-0.15, -0.1) is 0 Å². The average molecular weight is 629 g/mol. The Morgan fingerprint density at radius 2 is 1.44 bits per heavy atom. The molecule has 2 aromatic heterocycles. The molecule has 234 valence electrons. The van der Waals surface area contributed by atoms with Gasteiger partial charge >= 0.3 is 12.4 Å². The van der Waals surface area contributed by atoms with Crippen molar-refractivity contribution in [3.8, 4) is 16.9 Å². The molecule has 2 amide bonds. The van der Waals surface area contributed by atoms with E-state index in [2.05, 4.69) is 15.4 Å². The van der Waals surface area contributed by atoms with Crippen LogP contribution in [0.3, 0.4) is 0 Å². The quantitative estimate of drug-likeness (QED) is 0.272. The fourth-order valence-electron chi connectivity index (χ4n) is 6.09. The van der Waals surface area contributed by atoms with Crippen molar-refractivity contribution in [3.05, 3.63) is 95.4 Å². The SMILES string of the molecule is C[C@H]1CN(C2C(=O)Nc3cc(C(F)(F)F)ccc32)C[C@H](C)N1C(=O)c1cc(-c2ccncc2)n(-c2ccc(C(F)(F)F)cc2)n1. The van der Waals surface area contributed by atoms with E-state index < -0.39 is 53.4 Å². The molecule has 3 atom stereocenters. The number of alkyl halides is 6. The van der Waals surface area contributed by atoms with E-state index in [1.807, 2.05) is 4.90 Å². The van der Waals surface area contributed by atoms with E-state index in [0.29, 0.717) is 22.5 Å². The van der Waals surface area contributed by atoms with Crippen LogP contribution in [-0.4, -0.2) is 61.6 Å². The smallest absolute Gasteiger partial charge is 0.329 e. The van der Waals surface area contributed by atoms with Crippen molar-refractivity contribution in [2.75, 3.05) is 18.4 Å². The van der Waals surface area contributed by atoms with Gasteiger partial charge in [-0.2, -0.15) is 31.4 Å². The summed E-state index contributed by atoms with van der Waals surface area (Å²) in [4.78, 5) is 34.4. The summed E-state index contributed by atoms with van der Waals surface area (Å²) in [7, 11) is 0. The van der Waals surface area contributed by atoms with Crippen LogP contribution < -0.4 is 5.32 Å². The lowest BCUT2D eigenvalue weighted by molar-refractivity contribution is -0.138. The van der Waals surface area contributed by atoms with Crippen molar-refractivity contribution < 1.29 is 35.9 Å². The zero-order valence-electron chi connectivity index (χ0n) is 23.9. The van der Waals surface area contributed by atoms with Crippen LogP contribution in [0.4, 0.5) is 32.0 Å². The zero-order valence-corrected chi connectivity index (χ0v) is 23.9. The molecule has 0 radical (unpaired) electrons. The van der Waals surface area contributed by atoms with Crippen LogP contribution in [0.5, 0.6) is 0 Å². The third-order valence-electron chi connectivity index (χ3n) is 8.07. The van der Waals surface area contributed by atoms with Crippen molar-refractivity contribution >= 4 is 17.5 Å². The average Bonchev–Trinajstić information content (AvgIpc) is 3.57. The standard InChI is InChI=1S/C31H26F6N6O2/c1-17-15-41(27-23-8-5-21(31(35,36)37)13-24(23)39-28(27)44)16-18(2)42(17)29(45)25-14-26(19-9-11-38-12-10-19)43(40-25)22-6-3-20(4-7-22)30(32,33)34/h3-14,17-18,27H,15-16H2,1-2H3,(H,39,44)/t17-,18-,27?/m0/s1. The first kappa shape index (κ1) is 30.3. The summed E-state index contributed by atoms with van der Waals surface area (Å²) < 4.78 is 80.7. The molecule has 2 aliphatic rings. The van der Waals surface area contributed by atoms with Gasteiger partial charge in [0.05, 0.1) is 22.5 Å². The molecule has 0 bridgehead atoms. The van der Waals surface area contributed by atoms with Gasteiger partial charge in [0.1, 0.15) is 6.04 Å². The highest BCUT2D eigenvalue weighted by Gasteiger charge is 2.43. The Morgan fingerprint density at radius 3 is 2.04 bits per heavy atom. The number of nitrogens with zero attached hydrogens (tertiary/aromatic N) is 5. The normalized spacial score (nSPS) is 20.7. The number of anilines is 1. The topological polar surface area (TPSA) is 83.4 Å². The van der Waals surface area contributed by atoms with Gasteiger partial charge in [-0.1, -0.05) is 6.07 Å². The fourth-order valence-corrected chi connectivity index (χ4v) is 6.09. The molecule has 1 unspecified atom stereocenters.